The molecular formula is C22H23FN4O3S. The van der Waals surface area contributed by atoms with Crippen LogP contribution in [0.2, 0.25) is 0 Å². The molecule has 0 radical (unpaired) electrons. The Kier molecular flexibility index (Phi) is 5.88. The first-order valence-electron chi connectivity index (χ1n) is 9.92. The lowest BCUT2D eigenvalue weighted by molar-refractivity contribution is 0.305. The molecule has 7 nitrogen and oxygen atoms in total. The smallest absolute Gasteiger partial charge is 0.243 e. The maximum atomic E-state index is 13.4. The number of anilines is 1. The molecule has 31 heavy (non-hydrogen) atoms. The van der Waals surface area contributed by atoms with E-state index in [1.54, 1.807) is 42.5 Å². The summed E-state index contributed by atoms with van der Waals surface area (Å²) in [4.78, 5) is 10.7. The Hall–Kier alpha value is -3.04. The van der Waals surface area contributed by atoms with E-state index in [1.165, 1.54) is 22.8 Å². The Labute approximate surface area is 181 Å². The van der Waals surface area contributed by atoms with E-state index in [0.29, 0.717) is 36.1 Å². The number of rotatable bonds is 5. The number of hydrogen-bond acceptors (Lipinski definition) is 6. The van der Waals surface area contributed by atoms with Gasteiger partial charge in [0.2, 0.25) is 15.9 Å². The average Bonchev–Trinajstić information content (AvgIpc) is 2.74. The van der Waals surface area contributed by atoms with Gasteiger partial charge in [-0.1, -0.05) is 23.8 Å². The molecule has 4 rings (SSSR count). The standard InChI is InChI=1S/C22H23FN4O3S/c1-16-6-8-20(9-7-16)31(28,29)27-11-10-26(14-17(27)2)21-13-22(25-15-24-21)30-19-5-3-4-18(23)12-19/h3-9,12-13,15,17H,10-11,14H2,1-2H3. The average molecular weight is 443 g/mol. The summed E-state index contributed by atoms with van der Waals surface area (Å²) < 4.78 is 46.7. The van der Waals surface area contributed by atoms with Crippen LogP contribution in [0.15, 0.2) is 65.8 Å². The summed E-state index contributed by atoms with van der Waals surface area (Å²) in [7, 11) is -3.57. The lowest BCUT2D eigenvalue weighted by Gasteiger charge is -2.39. The quantitative estimate of drug-likeness (QED) is 0.601. The van der Waals surface area contributed by atoms with Gasteiger partial charge in [-0.25, -0.2) is 22.8 Å². The Morgan fingerprint density at radius 3 is 2.55 bits per heavy atom. The monoisotopic (exact) mass is 442 g/mol. The molecular weight excluding hydrogens is 419 g/mol. The first kappa shape index (κ1) is 21.2. The van der Waals surface area contributed by atoms with Gasteiger partial charge in [0, 0.05) is 37.8 Å². The van der Waals surface area contributed by atoms with Crippen LogP contribution in [0.5, 0.6) is 11.6 Å². The van der Waals surface area contributed by atoms with Crippen molar-refractivity contribution in [2.45, 2.75) is 24.8 Å². The molecule has 2 aromatic carbocycles. The molecule has 1 fully saturated rings. The number of hydrogen-bond donors (Lipinski definition) is 0. The van der Waals surface area contributed by atoms with E-state index in [-0.39, 0.29) is 11.9 Å². The summed E-state index contributed by atoms with van der Waals surface area (Å²) >= 11 is 0. The van der Waals surface area contributed by atoms with E-state index in [2.05, 4.69) is 9.97 Å². The van der Waals surface area contributed by atoms with Gasteiger partial charge in [-0.15, -0.1) is 0 Å². The second-order valence-corrected chi connectivity index (χ2v) is 9.39. The van der Waals surface area contributed by atoms with Gasteiger partial charge in [0.05, 0.1) is 4.90 Å². The fourth-order valence-electron chi connectivity index (χ4n) is 3.56. The highest BCUT2D eigenvalue weighted by Crippen LogP contribution is 2.26. The predicted octanol–water partition coefficient (Wildman–Crippen LogP) is 3.62. The molecule has 0 aliphatic carbocycles. The van der Waals surface area contributed by atoms with Crippen LogP contribution in [0.3, 0.4) is 0 Å². The number of sulfonamides is 1. The zero-order valence-electron chi connectivity index (χ0n) is 17.3. The molecule has 9 heteroatoms. The molecule has 1 aliphatic heterocycles. The van der Waals surface area contributed by atoms with E-state index in [9.17, 15) is 12.8 Å². The van der Waals surface area contributed by atoms with Crippen molar-refractivity contribution in [2.24, 2.45) is 0 Å². The van der Waals surface area contributed by atoms with Crippen LogP contribution in [0.4, 0.5) is 10.2 Å². The summed E-state index contributed by atoms with van der Waals surface area (Å²) in [5, 5.41) is 0. The van der Waals surface area contributed by atoms with Crippen LogP contribution in [0.1, 0.15) is 12.5 Å². The van der Waals surface area contributed by atoms with Gasteiger partial charge in [-0.3, -0.25) is 0 Å². The molecule has 0 saturated carbocycles. The van der Waals surface area contributed by atoms with E-state index < -0.39 is 15.8 Å². The number of benzene rings is 2. The third kappa shape index (κ3) is 4.67. The number of aromatic nitrogens is 2. The zero-order chi connectivity index (χ0) is 22.0. The summed E-state index contributed by atoms with van der Waals surface area (Å²) in [6.07, 6.45) is 1.38. The second-order valence-electron chi connectivity index (χ2n) is 7.50. The van der Waals surface area contributed by atoms with Gasteiger partial charge in [-0.05, 0) is 38.1 Å². The number of halogens is 1. The Morgan fingerprint density at radius 1 is 1.06 bits per heavy atom. The Morgan fingerprint density at radius 2 is 1.84 bits per heavy atom. The summed E-state index contributed by atoms with van der Waals surface area (Å²) in [6.45, 7) is 5.09. The molecule has 0 amide bonds. The first-order valence-corrected chi connectivity index (χ1v) is 11.4. The first-order chi connectivity index (χ1) is 14.8. The molecule has 1 atom stereocenters. The van der Waals surface area contributed by atoms with Gasteiger partial charge in [0.15, 0.2) is 0 Å². The van der Waals surface area contributed by atoms with Gasteiger partial charge < -0.3 is 9.64 Å². The van der Waals surface area contributed by atoms with Crippen molar-refractivity contribution in [3.8, 4) is 11.6 Å². The van der Waals surface area contributed by atoms with Gasteiger partial charge in [-0.2, -0.15) is 4.31 Å². The molecule has 162 valence electrons. The predicted molar refractivity (Wildman–Crippen MR) is 115 cm³/mol. The molecule has 1 saturated heterocycles. The largest absolute Gasteiger partial charge is 0.439 e. The highest BCUT2D eigenvalue weighted by atomic mass is 32.2. The Balaban J connectivity index is 1.48. The number of piperazine rings is 1. The SMILES string of the molecule is Cc1ccc(S(=O)(=O)N2CCN(c3cc(Oc4cccc(F)c4)ncn3)CC2C)cc1. The number of nitrogens with zero attached hydrogens (tertiary/aromatic N) is 4. The van der Waals surface area contributed by atoms with Crippen LogP contribution in [-0.4, -0.2) is 48.4 Å². The highest BCUT2D eigenvalue weighted by molar-refractivity contribution is 7.89. The molecule has 3 aromatic rings. The summed E-state index contributed by atoms with van der Waals surface area (Å²) in [5.74, 6) is 0.858. The topological polar surface area (TPSA) is 75.6 Å². The minimum absolute atomic E-state index is 0.248. The van der Waals surface area contributed by atoms with Crippen LogP contribution in [-0.2, 0) is 10.0 Å². The molecule has 2 heterocycles. The molecule has 0 bridgehead atoms. The van der Waals surface area contributed by atoms with Crippen molar-refractivity contribution < 1.29 is 17.5 Å². The third-order valence-electron chi connectivity index (χ3n) is 5.16. The fourth-order valence-corrected chi connectivity index (χ4v) is 5.17. The van der Waals surface area contributed by atoms with Crippen LogP contribution >= 0.6 is 0 Å². The molecule has 1 aliphatic rings. The van der Waals surface area contributed by atoms with Crippen molar-refractivity contribution in [1.82, 2.24) is 14.3 Å². The van der Waals surface area contributed by atoms with E-state index in [0.717, 1.165) is 5.56 Å². The minimum Gasteiger partial charge on any atom is -0.439 e. The van der Waals surface area contributed by atoms with Crippen molar-refractivity contribution in [3.05, 3.63) is 72.3 Å². The third-order valence-corrected chi connectivity index (χ3v) is 7.19. The van der Waals surface area contributed by atoms with Crippen molar-refractivity contribution >= 4 is 15.8 Å². The van der Waals surface area contributed by atoms with Crippen LogP contribution in [0, 0.1) is 12.7 Å². The van der Waals surface area contributed by atoms with Gasteiger partial charge in [0.1, 0.15) is 23.7 Å². The minimum atomic E-state index is -3.57. The molecule has 1 aromatic heterocycles. The van der Waals surface area contributed by atoms with Crippen molar-refractivity contribution in [1.29, 1.82) is 0 Å². The van der Waals surface area contributed by atoms with Crippen molar-refractivity contribution in [2.75, 3.05) is 24.5 Å². The molecule has 0 N–H and O–H groups in total. The highest BCUT2D eigenvalue weighted by Gasteiger charge is 2.34. The van der Waals surface area contributed by atoms with Crippen LogP contribution < -0.4 is 9.64 Å². The lowest BCUT2D eigenvalue weighted by Crippen LogP contribution is -2.54. The van der Waals surface area contributed by atoms with Crippen LogP contribution in [0.25, 0.3) is 0 Å². The maximum Gasteiger partial charge on any atom is 0.243 e. The van der Waals surface area contributed by atoms with Gasteiger partial charge in [0.25, 0.3) is 0 Å². The fraction of sp³-hybridized carbons (Fsp3) is 0.273. The summed E-state index contributed by atoms with van der Waals surface area (Å²) in [6, 6.07) is 14.1. The Bertz CT molecular complexity index is 1170. The van der Waals surface area contributed by atoms with E-state index in [1.807, 2.05) is 18.7 Å². The molecule has 1 unspecified atom stereocenters. The summed E-state index contributed by atoms with van der Waals surface area (Å²) in [5.41, 5.74) is 1.01. The zero-order valence-corrected chi connectivity index (χ0v) is 18.1. The number of ether oxygens (including phenoxy) is 1. The molecule has 0 spiro atoms. The second kappa shape index (κ2) is 8.60. The van der Waals surface area contributed by atoms with E-state index in [4.69, 9.17) is 4.74 Å². The van der Waals surface area contributed by atoms with Gasteiger partial charge >= 0.3 is 0 Å². The van der Waals surface area contributed by atoms with Crippen molar-refractivity contribution in [3.63, 3.8) is 0 Å². The van der Waals surface area contributed by atoms with E-state index >= 15 is 0 Å². The number of aryl methyl sites for hydroxylation is 1. The normalized spacial score (nSPS) is 17.5. The lowest BCUT2D eigenvalue weighted by atomic mass is 10.2. The maximum absolute atomic E-state index is 13.4.